The number of fused-ring (bicyclic) bond motifs is 1. The predicted molar refractivity (Wildman–Crippen MR) is 43.5 cm³/mol. The summed E-state index contributed by atoms with van der Waals surface area (Å²) < 4.78 is 43.2. The first-order chi connectivity index (χ1) is 6.91. The van der Waals surface area contributed by atoms with Gasteiger partial charge < -0.3 is 4.42 Å². The SMILES string of the molecule is Cc1c(C(F)(F)F)n2ccoc2nc1=O. The molecule has 2 aromatic rings. The van der Waals surface area contributed by atoms with Crippen LogP contribution < -0.4 is 5.56 Å². The number of rotatable bonds is 0. The molecular formula is C8H5F3N2O2. The van der Waals surface area contributed by atoms with E-state index in [4.69, 9.17) is 0 Å². The van der Waals surface area contributed by atoms with Crippen LogP contribution in [0.25, 0.3) is 5.84 Å². The maximum Gasteiger partial charge on any atom is 0.432 e. The molecule has 15 heavy (non-hydrogen) atoms. The number of aromatic nitrogens is 2. The van der Waals surface area contributed by atoms with Gasteiger partial charge in [-0.25, -0.2) is 0 Å². The van der Waals surface area contributed by atoms with Crippen molar-refractivity contribution in [3.05, 3.63) is 34.1 Å². The number of hydrogen-bond donors (Lipinski definition) is 0. The highest BCUT2D eigenvalue weighted by atomic mass is 19.4. The van der Waals surface area contributed by atoms with Gasteiger partial charge in [0, 0.05) is 11.8 Å². The number of alkyl halides is 3. The Morgan fingerprint density at radius 2 is 2.13 bits per heavy atom. The molecule has 4 nitrogen and oxygen atoms in total. The molecule has 0 radical (unpaired) electrons. The van der Waals surface area contributed by atoms with E-state index >= 15 is 0 Å². The Balaban J connectivity index is 2.96. The molecule has 2 heterocycles. The third-order valence-electron chi connectivity index (χ3n) is 1.97. The summed E-state index contributed by atoms with van der Waals surface area (Å²) in [6.45, 7) is 1.08. The van der Waals surface area contributed by atoms with Gasteiger partial charge >= 0.3 is 12.0 Å². The molecule has 2 rings (SSSR count). The summed E-state index contributed by atoms with van der Waals surface area (Å²) in [6.07, 6.45) is -2.51. The Labute approximate surface area is 81.0 Å². The standard InChI is InChI=1S/C8H5F3N2O2/c1-4-5(8(9,10)11)13-2-3-15-7(13)12-6(4)14/h2-3H,1H3. The quantitative estimate of drug-likeness (QED) is 0.674. The molecule has 0 aromatic carbocycles. The van der Waals surface area contributed by atoms with Crippen molar-refractivity contribution in [2.24, 2.45) is 0 Å². The van der Waals surface area contributed by atoms with E-state index in [9.17, 15) is 18.0 Å². The molecule has 0 saturated heterocycles. The van der Waals surface area contributed by atoms with Gasteiger partial charge in [0.05, 0.1) is 0 Å². The van der Waals surface area contributed by atoms with Gasteiger partial charge in [0.1, 0.15) is 12.0 Å². The maximum absolute atomic E-state index is 12.6. The van der Waals surface area contributed by atoms with Crippen molar-refractivity contribution < 1.29 is 17.6 Å². The summed E-state index contributed by atoms with van der Waals surface area (Å²) in [7, 11) is 0. The summed E-state index contributed by atoms with van der Waals surface area (Å²) in [5, 5.41) is 0. The van der Waals surface area contributed by atoms with E-state index in [2.05, 4.69) is 9.40 Å². The molecule has 7 heteroatoms. The van der Waals surface area contributed by atoms with Crippen molar-refractivity contribution in [2.75, 3.05) is 0 Å². The largest absolute Gasteiger partial charge is 0.432 e. The number of nitrogens with zero attached hydrogens (tertiary/aromatic N) is 2. The van der Waals surface area contributed by atoms with E-state index in [0.29, 0.717) is 4.40 Å². The summed E-state index contributed by atoms with van der Waals surface area (Å²) in [5.74, 6) is -0.363. The van der Waals surface area contributed by atoms with Crippen LogP contribution in [-0.4, -0.2) is 9.38 Å². The fraction of sp³-hybridized carbons (Fsp3) is 0.250. The third kappa shape index (κ3) is 1.39. The maximum atomic E-state index is 12.6. The predicted octanol–water partition coefficient (Wildman–Crippen LogP) is 1.61. The van der Waals surface area contributed by atoms with E-state index in [1.54, 1.807) is 0 Å². The van der Waals surface area contributed by atoms with Gasteiger partial charge in [0.25, 0.3) is 5.56 Å². The highest BCUT2D eigenvalue weighted by molar-refractivity contribution is 5.32. The Kier molecular flexibility index (Phi) is 1.85. The molecule has 0 fully saturated rings. The van der Waals surface area contributed by atoms with Crippen LogP contribution in [-0.2, 0) is 6.18 Å². The first-order valence-corrected chi connectivity index (χ1v) is 3.95. The van der Waals surface area contributed by atoms with Crippen LogP contribution in [0.4, 0.5) is 13.2 Å². The zero-order valence-corrected chi connectivity index (χ0v) is 7.50. The van der Waals surface area contributed by atoms with Crippen LogP contribution in [0.2, 0.25) is 0 Å². The topological polar surface area (TPSA) is 47.5 Å². The van der Waals surface area contributed by atoms with Crippen LogP contribution in [0, 0.1) is 6.92 Å². The van der Waals surface area contributed by atoms with Gasteiger partial charge in [-0.1, -0.05) is 0 Å². The second-order valence-electron chi connectivity index (χ2n) is 2.94. The molecule has 0 N–H and O–H groups in total. The van der Waals surface area contributed by atoms with Crippen LogP contribution in [0.5, 0.6) is 0 Å². The van der Waals surface area contributed by atoms with Crippen molar-refractivity contribution in [1.29, 1.82) is 0 Å². The Bertz CT molecular complexity index is 567. The van der Waals surface area contributed by atoms with E-state index in [1.165, 1.54) is 0 Å². The first-order valence-electron chi connectivity index (χ1n) is 3.95. The molecule has 0 aliphatic carbocycles. The molecule has 0 spiro atoms. The normalized spacial score (nSPS) is 12.3. The minimum absolute atomic E-state index is 0.363. The smallest absolute Gasteiger partial charge is 0.432 e. The van der Waals surface area contributed by atoms with Crippen LogP contribution in [0.15, 0.2) is 21.7 Å². The average molecular weight is 218 g/mol. The molecule has 0 amide bonds. The zero-order valence-electron chi connectivity index (χ0n) is 7.50. The minimum atomic E-state index is -4.61. The number of hydrogen-bond acceptors (Lipinski definition) is 3. The van der Waals surface area contributed by atoms with E-state index in [-0.39, 0.29) is 5.84 Å². The van der Waals surface area contributed by atoms with Crippen LogP contribution >= 0.6 is 0 Å². The molecule has 0 unspecified atom stereocenters. The number of oxazole rings is 1. The van der Waals surface area contributed by atoms with Crippen molar-refractivity contribution in [1.82, 2.24) is 9.38 Å². The summed E-state index contributed by atoms with van der Waals surface area (Å²) in [5.41, 5.74) is -2.43. The lowest BCUT2D eigenvalue weighted by Crippen LogP contribution is -2.22. The van der Waals surface area contributed by atoms with E-state index < -0.39 is 23.0 Å². The van der Waals surface area contributed by atoms with Gasteiger partial charge in [0.15, 0.2) is 0 Å². The van der Waals surface area contributed by atoms with Gasteiger partial charge in [-0.2, -0.15) is 18.2 Å². The lowest BCUT2D eigenvalue weighted by atomic mass is 10.2. The fourth-order valence-corrected chi connectivity index (χ4v) is 1.32. The minimum Gasteiger partial charge on any atom is -0.432 e. The molecule has 0 atom stereocenters. The molecule has 0 saturated carbocycles. The number of halogens is 3. The molecule has 0 bridgehead atoms. The Hall–Kier alpha value is -1.79. The second kappa shape index (κ2) is 2.85. The summed E-state index contributed by atoms with van der Waals surface area (Å²) in [4.78, 5) is 14.5. The molecular weight excluding hydrogens is 213 g/mol. The highest BCUT2D eigenvalue weighted by Gasteiger charge is 2.37. The lowest BCUT2D eigenvalue weighted by molar-refractivity contribution is -0.142. The molecule has 2 aromatic heterocycles. The summed E-state index contributed by atoms with van der Waals surface area (Å²) in [6, 6.07) is 0. The molecule has 80 valence electrons. The average Bonchev–Trinajstić information content (AvgIpc) is 2.50. The van der Waals surface area contributed by atoms with Crippen molar-refractivity contribution in [3.8, 4) is 0 Å². The monoisotopic (exact) mass is 218 g/mol. The third-order valence-corrected chi connectivity index (χ3v) is 1.97. The van der Waals surface area contributed by atoms with Crippen molar-refractivity contribution >= 4 is 5.84 Å². The lowest BCUT2D eigenvalue weighted by Gasteiger charge is -2.10. The van der Waals surface area contributed by atoms with Gasteiger partial charge in [-0.05, 0) is 6.92 Å². The van der Waals surface area contributed by atoms with Gasteiger partial charge in [-0.15, -0.1) is 0 Å². The van der Waals surface area contributed by atoms with Crippen LogP contribution in [0.1, 0.15) is 11.3 Å². The Morgan fingerprint density at radius 3 is 2.73 bits per heavy atom. The molecule has 0 aliphatic rings. The fourth-order valence-electron chi connectivity index (χ4n) is 1.32. The van der Waals surface area contributed by atoms with Crippen molar-refractivity contribution in [3.63, 3.8) is 0 Å². The first kappa shape index (κ1) is 9.75. The molecule has 0 aliphatic heterocycles. The highest BCUT2D eigenvalue weighted by Crippen LogP contribution is 2.30. The zero-order chi connectivity index (χ0) is 11.2. The second-order valence-corrected chi connectivity index (χ2v) is 2.94. The summed E-state index contributed by atoms with van der Waals surface area (Å²) >= 11 is 0. The van der Waals surface area contributed by atoms with Gasteiger partial charge in [0.2, 0.25) is 0 Å². The van der Waals surface area contributed by atoms with Crippen molar-refractivity contribution in [2.45, 2.75) is 13.1 Å². The van der Waals surface area contributed by atoms with E-state index in [1.807, 2.05) is 0 Å². The Morgan fingerprint density at radius 1 is 1.47 bits per heavy atom. The van der Waals surface area contributed by atoms with Gasteiger partial charge in [-0.3, -0.25) is 9.20 Å². The van der Waals surface area contributed by atoms with E-state index in [0.717, 1.165) is 19.4 Å². The van der Waals surface area contributed by atoms with Crippen LogP contribution in [0.3, 0.4) is 0 Å².